The van der Waals surface area contributed by atoms with Crippen molar-refractivity contribution in [3.8, 4) is 0 Å². The van der Waals surface area contributed by atoms with Gasteiger partial charge < -0.3 is 15.6 Å². The number of benzene rings is 1. The molecule has 1 atom stereocenters. The van der Waals surface area contributed by atoms with Crippen LogP contribution in [0.1, 0.15) is 15.9 Å². The summed E-state index contributed by atoms with van der Waals surface area (Å²) in [6.45, 7) is 0. The summed E-state index contributed by atoms with van der Waals surface area (Å²) in [7, 11) is 0. The molecule has 0 aliphatic carbocycles. The minimum Gasteiger partial charge on any atom is -0.415 e. The van der Waals surface area contributed by atoms with Gasteiger partial charge in [-0.2, -0.15) is 0 Å². The maximum Gasteiger partial charge on any atom is 0.341 e. The molecule has 1 aliphatic heterocycles. The molecule has 5 heteroatoms. The molecule has 0 radical (unpaired) electrons. The number of ether oxygens (including phenoxy) is 1. The Hall–Kier alpha value is -1.88. The molecule has 72 valence electrons. The maximum absolute atomic E-state index is 11.2. The Morgan fingerprint density at radius 3 is 2.71 bits per heavy atom. The quantitative estimate of drug-likeness (QED) is 0.587. The van der Waals surface area contributed by atoms with Crippen LogP contribution < -0.4 is 5.73 Å². The molecule has 1 aromatic rings. The highest BCUT2D eigenvalue weighted by atomic mass is 16.7. The van der Waals surface area contributed by atoms with E-state index in [0.717, 1.165) is 0 Å². The second kappa shape index (κ2) is 2.55. The fourth-order valence-corrected chi connectivity index (χ4v) is 1.38. The number of primary amides is 1. The lowest BCUT2D eigenvalue weighted by molar-refractivity contribution is -0.182. The van der Waals surface area contributed by atoms with E-state index in [9.17, 15) is 14.7 Å². The van der Waals surface area contributed by atoms with Crippen LogP contribution in [-0.2, 0) is 15.3 Å². The summed E-state index contributed by atoms with van der Waals surface area (Å²) in [5.41, 5.74) is 5.20. The first-order valence-electron chi connectivity index (χ1n) is 3.91. The predicted octanol–water partition coefficient (Wildman–Crippen LogP) is -0.513. The van der Waals surface area contributed by atoms with Gasteiger partial charge in [-0.1, -0.05) is 18.2 Å². The van der Waals surface area contributed by atoms with Crippen LogP contribution >= 0.6 is 0 Å². The molecular weight excluding hydrogens is 186 g/mol. The van der Waals surface area contributed by atoms with E-state index in [1.807, 2.05) is 0 Å². The SMILES string of the molecule is NC(=O)C1(O)OC(=O)c2ccccc21. The predicted molar refractivity (Wildman–Crippen MR) is 44.9 cm³/mol. The van der Waals surface area contributed by atoms with E-state index in [1.165, 1.54) is 12.1 Å². The highest BCUT2D eigenvalue weighted by molar-refractivity contribution is 6.00. The first-order valence-corrected chi connectivity index (χ1v) is 3.91. The van der Waals surface area contributed by atoms with Gasteiger partial charge in [0.2, 0.25) is 0 Å². The molecule has 0 bridgehead atoms. The van der Waals surface area contributed by atoms with Crippen molar-refractivity contribution in [1.82, 2.24) is 0 Å². The van der Waals surface area contributed by atoms with Crippen molar-refractivity contribution >= 4 is 11.9 Å². The number of nitrogens with two attached hydrogens (primary N) is 1. The molecule has 1 heterocycles. The van der Waals surface area contributed by atoms with Gasteiger partial charge >= 0.3 is 11.8 Å². The van der Waals surface area contributed by atoms with E-state index in [-0.39, 0.29) is 11.1 Å². The molecule has 14 heavy (non-hydrogen) atoms. The minimum absolute atomic E-state index is 0.0949. The van der Waals surface area contributed by atoms with Gasteiger partial charge in [-0.05, 0) is 6.07 Å². The molecule has 0 saturated carbocycles. The molecule has 0 saturated heterocycles. The lowest BCUT2D eigenvalue weighted by atomic mass is 10.0. The molecule has 0 aromatic heterocycles. The number of amides is 1. The normalized spacial score (nSPS) is 24.2. The summed E-state index contributed by atoms with van der Waals surface area (Å²) in [5, 5.41) is 9.67. The van der Waals surface area contributed by atoms with E-state index >= 15 is 0 Å². The van der Waals surface area contributed by atoms with Gasteiger partial charge in [0, 0.05) is 5.56 Å². The number of cyclic esters (lactones) is 1. The number of aliphatic hydroxyl groups is 1. The molecule has 1 aromatic carbocycles. The highest BCUT2D eigenvalue weighted by Crippen LogP contribution is 2.33. The topological polar surface area (TPSA) is 89.6 Å². The molecule has 1 aliphatic rings. The van der Waals surface area contributed by atoms with Crippen LogP contribution in [0.5, 0.6) is 0 Å². The Kier molecular flexibility index (Phi) is 1.59. The Bertz CT molecular complexity index is 429. The van der Waals surface area contributed by atoms with Gasteiger partial charge in [0.15, 0.2) is 0 Å². The monoisotopic (exact) mass is 193 g/mol. The third-order valence-electron chi connectivity index (χ3n) is 2.09. The molecule has 1 amide bonds. The highest BCUT2D eigenvalue weighted by Gasteiger charge is 2.49. The summed E-state index contributed by atoms with van der Waals surface area (Å²) in [4.78, 5) is 22.1. The number of rotatable bonds is 1. The van der Waals surface area contributed by atoms with Crippen LogP contribution in [0.4, 0.5) is 0 Å². The molecule has 1 unspecified atom stereocenters. The number of hydrogen-bond donors (Lipinski definition) is 2. The maximum atomic E-state index is 11.2. The van der Waals surface area contributed by atoms with E-state index in [2.05, 4.69) is 4.74 Å². The number of hydrogen-bond acceptors (Lipinski definition) is 4. The molecular formula is C9H7NO4. The van der Waals surface area contributed by atoms with E-state index in [0.29, 0.717) is 0 Å². The zero-order valence-corrected chi connectivity index (χ0v) is 7.06. The molecule has 0 fully saturated rings. The van der Waals surface area contributed by atoms with Gasteiger partial charge in [-0.25, -0.2) is 4.79 Å². The van der Waals surface area contributed by atoms with Crippen molar-refractivity contribution in [2.75, 3.05) is 0 Å². The molecule has 2 rings (SSSR count). The van der Waals surface area contributed by atoms with Gasteiger partial charge in [0.25, 0.3) is 5.91 Å². The summed E-state index contributed by atoms with van der Waals surface area (Å²) in [6.07, 6.45) is 0. The van der Waals surface area contributed by atoms with Crippen LogP contribution in [0.3, 0.4) is 0 Å². The smallest absolute Gasteiger partial charge is 0.341 e. The standard InChI is InChI=1S/C9H7NO4/c10-8(12)9(13)6-4-2-1-3-5(6)7(11)14-9/h1-4,13H,(H2,10,12). The number of carbonyl (C=O) groups excluding carboxylic acids is 2. The van der Waals surface area contributed by atoms with Crippen LogP contribution in [0.2, 0.25) is 0 Å². The largest absolute Gasteiger partial charge is 0.415 e. The average molecular weight is 193 g/mol. The van der Waals surface area contributed by atoms with Crippen molar-refractivity contribution in [2.45, 2.75) is 5.79 Å². The zero-order chi connectivity index (χ0) is 10.3. The molecule has 0 spiro atoms. The van der Waals surface area contributed by atoms with E-state index in [4.69, 9.17) is 5.73 Å². The fraction of sp³-hybridized carbons (Fsp3) is 0.111. The lowest BCUT2D eigenvalue weighted by Gasteiger charge is -2.17. The number of esters is 1. The van der Waals surface area contributed by atoms with E-state index < -0.39 is 17.7 Å². The lowest BCUT2D eigenvalue weighted by Crippen LogP contribution is -2.41. The van der Waals surface area contributed by atoms with Crippen LogP contribution in [0, 0.1) is 0 Å². The van der Waals surface area contributed by atoms with Crippen molar-refractivity contribution in [1.29, 1.82) is 0 Å². The van der Waals surface area contributed by atoms with Gasteiger partial charge in [0.05, 0.1) is 5.56 Å². The molecule has 3 N–H and O–H groups in total. The van der Waals surface area contributed by atoms with Crippen LogP contribution in [0.25, 0.3) is 0 Å². The number of fused-ring (bicyclic) bond motifs is 1. The molecule has 5 nitrogen and oxygen atoms in total. The second-order valence-electron chi connectivity index (χ2n) is 2.94. The van der Waals surface area contributed by atoms with Crippen molar-refractivity contribution < 1.29 is 19.4 Å². The van der Waals surface area contributed by atoms with Gasteiger partial charge in [-0.3, -0.25) is 4.79 Å². The van der Waals surface area contributed by atoms with Crippen molar-refractivity contribution in [3.63, 3.8) is 0 Å². The summed E-state index contributed by atoms with van der Waals surface area (Å²) < 4.78 is 4.52. The zero-order valence-electron chi connectivity index (χ0n) is 7.06. The Balaban J connectivity index is 2.65. The Morgan fingerprint density at radius 2 is 2.07 bits per heavy atom. The number of carbonyl (C=O) groups is 2. The average Bonchev–Trinajstić information content (AvgIpc) is 2.42. The van der Waals surface area contributed by atoms with Gasteiger partial charge in [-0.15, -0.1) is 0 Å². The first kappa shape index (κ1) is 8.71. The Morgan fingerprint density at radius 1 is 1.43 bits per heavy atom. The summed E-state index contributed by atoms with van der Waals surface area (Å²) in [5.74, 6) is -4.16. The summed E-state index contributed by atoms with van der Waals surface area (Å²) in [6, 6.07) is 6.06. The second-order valence-corrected chi connectivity index (χ2v) is 2.94. The minimum atomic E-state index is -2.31. The third-order valence-corrected chi connectivity index (χ3v) is 2.09. The van der Waals surface area contributed by atoms with Crippen LogP contribution in [-0.4, -0.2) is 17.0 Å². The third kappa shape index (κ3) is 0.928. The van der Waals surface area contributed by atoms with Crippen molar-refractivity contribution in [3.05, 3.63) is 35.4 Å². The fourth-order valence-electron chi connectivity index (χ4n) is 1.38. The van der Waals surface area contributed by atoms with Crippen molar-refractivity contribution in [2.24, 2.45) is 5.73 Å². The van der Waals surface area contributed by atoms with E-state index in [1.54, 1.807) is 12.1 Å². The van der Waals surface area contributed by atoms with Crippen LogP contribution in [0.15, 0.2) is 24.3 Å². The summed E-state index contributed by atoms with van der Waals surface area (Å²) >= 11 is 0. The Labute approximate surface area is 79.1 Å². The first-order chi connectivity index (χ1) is 6.55. The van der Waals surface area contributed by atoms with Gasteiger partial charge in [0.1, 0.15) is 0 Å².